The van der Waals surface area contributed by atoms with Gasteiger partial charge < -0.3 is 10.1 Å². The molecule has 0 spiro atoms. The average Bonchev–Trinajstić information content (AvgIpc) is 2.94. The van der Waals surface area contributed by atoms with E-state index in [-0.39, 0.29) is 18.5 Å². The number of halogens is 1. The van der Waals surface area contributed by atoms with E-state index in [1.54, 1.807) is 36.1 Å². The summed E-state index contributed by atoms with van der Waals surface area (Å²) in [4.78, 5) is 28.7. The normalized spacial score (nSPS) is 20.0. The molecule has 164 valence electrons. The first-order valence-electron chi connectivity index (χ1n) is 10.6. The van der Waals surface area contributed by atoms with Crippen molar-refractivity contribution in [3.63, 3.8) is 0 Å². The third kappa shape index (κ3) is 4.21. The third-order valence-electron chi connectivity index (χ3n) is 5.71. The van der Waals surface area contributed by atoms with Gasteiger partial charge in [0.15, 0.2) is 0 Å². The molecule has 0 saturated carbocycles. The van der Waals surface area contributed by atoms with Crippen LogP contribution in [0.2, 0.25) is 5.02 Å². The highest BCUT2D eigenvalue weighted by Gasteiger charge is 2.44. The molecule has 1 aliphatic heterocycles. The largest absolute Gasteiger partial charge is 0.464 e. The van der Waals surface area contributed by atoms with Crippen molar-refractivity contribution in [3.05, 3.63) is 95.0 Å². The first kappa shape index (κ1) is 21.9. The smallest absolute Gasteiger partial charge is 0.331 e. The summed E-state index contributed by atoms with van der Waals surface area (Å²) in [5, 5.41) is 3.94. The molecule has 0 radical (unpaired) electrons. The lowest BCUT2D eigenvalue weighted by atomic mass is 9.88. The van der Waals surface area contributed by atoms with E-state index >= 15 is 0 Å². The van der Waals surface area contributed by atoms with Crippen LogP contribution in [-0.2, 0) is 9.53 Å². The van der Waals surface area contributed by atoms with E-state index in [0.717, 1.165) is 5.56 Å². The lowest BCUT2D eigenvalue weighted by molar-refractivity contribution is -0.148. The van der Waals surface area contributed by atoms with Gasteiger partial charge in [-0.1, -0.05) is 54.1 Å². The summed E-state index contributed by atoms with van der Waals surface area (Å²) in [7, 11) is 0. The lowest BCUT2D eigenvalue weighted by Gasteiger charge is -2.34. The van der Waals surface area contributed by atoms with Gasteiger partial charge in [-0.3, -0.25) is 9.69 Å². The number of nitrogens with zero attached hydrogens (tertiary/aromatic N) is 1. The molecule has 0 aliphatic carbocycles. The van der Waals surface area contributed by atoms with Crippen LogP contribution in [0.25, 0.3) is 0 Å². The van der Waals surface area contributed by atoms with Crippen LogP contribution in [0.5, 0.6) is 0 Å². The summed E-state index contributed by atoms with van der Waals surface area (Å²) >= 11 is 6.05. The number of anilines is 2. The minimum Gasteiger partial charge on any atom is -0.464 e. The van der Waals surface area contributed by atoms with Crippen LogP contribution in [0.4, 0.5) is 11.4 Å². The molecule has 3 aromatic carbocycles. The monoisotopic (exact) mass is 448 g/mol. The molecule has 32 heavy (non-hydrogen) atoms. The van der Waals surface area contributed by atoms with Crippen LogP contribution in [0.1, 0.15) is 42.2 Å². The Morgan fingerprint density at radius 3 is 2.38 bits per heavy atom. The zero-order chi connectivity index (χ0) is 22.7. The quantitative estimate of drug-likeness (QED) is 0.507. The summed E-state index contributed by atoms with van der Waals surface area (Å²) in [6, 6.07) is 23.8. The Bertz CT molecular complexity index is 1120. The van der Waals surface area contributed by atoms with Gasteiger partial charge in [0, 0.05) is 17.0 Å². The van der Waals surface area contributed by atoms with Crippen LogP contribution in [0.3, 0.4) is 0 Å². The van der Waals surface area contributed by atoms with E-state index in [2.05, 4.69) is 5.32 Å². The molecule has 2 unspecified atom stereocenters. The second kappa shape index (κ2) is 9.05. The number of para-hydroxylation sites is 2. The highest BCUT2D eigenvalue weighted by molar-refractivity contribution is 6.30. The van der Waals surface area contributed by atoms with Crippen molar-refractivity contribution in [2.45, 2.75) is 31.8 Å². The Morgan fingerprint density at radius 2 is 1.69 bits per heavy atom. The molecule has 3 aromatic rings. The summed E-state index contributed by atoms with van der Waals surface area (Å²) < 4.78 is 5.41. The fourth-order valence-electron chi connectivity index (χ4n) is 4.13. The van der Waals surface area contributed by atoms with Crippen LogP contribution < -0.4 is 10.2 Å². The van der Waals surface area contributed by atoms with Crippen LogP contribution in [0, 0.1) is 0 Å². The van der Waals surface area contributed by atoms with Gasteiger partial charge in [-0.2, -0.15) is 0 Å². The van der Waals surface area contributed by atoms with Crippen molar-refractivity contribution in [2.75, 3.05) is 16.8 Å². The molecule has 1 aliphatic rings. The number of hydrogen-bond donors (Lipinski definition) is 1. The highest BCUT2D eigenvalue weighted by Crippen LogP contribution is 2.43. The summed E-state index contributed by atoms with van der Waals surface area (Å²) in [6.45, 7) is 3.89. The minimum atomic E-state index is -1.03. The topological polar surface area (TPSA) is 58.6 Å². The molecule has 0 aromatic heterocycles. The van der Waals surface area contributed by atoms with E-state index in [1.165, 1.54) is 0 Å². The first-order valence-corrected chi connectivity index (χ1v) is 11.0. The number of benzene rings is 3. The maximum Gasteiger partial charge on any atom is 0.331 e. The molecule has 1 heterocycles. The van der Waals surface area contributed by atoms with E-state index < -0.39 is 11.6 Å². The standard InChI is InChI=1S/C26H25ClN2O3/c1-3-32-25(31)26(2)17-23(18-9-5-4-6-10-18)29(22-12-8-7-11-21(22)28-26)24(30)19-13-15-20(27)16-14-19/h4-16,23,28H,3,17H2,1-2H3. The molecule has 0 saturated heterocycles. The van der Waals surface area contributed by atoms with Gasteiger partial charge in [-0.15, -0.1) is 0 Å². The molecule has 2 atom stereocenters. The predicted octanol–water partition coefficient (Wildman–Crippen LogP) is 5.87. The van der Waals surface area contributed by atoms with Gasteiger partial charge in [0.25, 0.3) is 5.91 Å². The number of nitrogens with one attached hydrogen (secondary N) is 1. The van der Waals surface area contributed by atoms with E-state index in [0.29, 0.717) is 28.4 Å². The van der Waals surface area contributed by atoms with Gasteiger partial charge in [0.1, 0.15) is 5.54 Å². The van der Waals surface area contributed by atoms with Crippen LogP contribution in [-0.4, -0.2) is 24.0 Å². The Labute approximate surface area is 193 Å². The second-order valence-electron chi connectivity index (χ2n) is 8.01. The van der Waals surface area contributed by atoms with Gasteiger partial charge >= 0.3 is 5.97 Å². The van der Waals surface area contributed by atoms with Crippen molar-refractivity contribution in [1.82, 2.24) is 0 Å². The van der Waals surface area contributed by atoms with Crippen molar-refractivity contribution >= 4 is 34.9 Å². The number of rotatable bonds is 4. The van der Waals surface area contributed by atoms with Gasteiger partial charge in [-0.05, 0) is 55.8 Å². The van der Waals surface area contributed by atoms with Gasteiger partial charge in [0.2, 0.25) is 0 Å². The van der Waals surface area contributed by atoms with Gasteiger partial charge in [0.05, 0.1) is 24.0 Å². The van der Waals surface area contributed by atoms with E-state index in [1.807, 2.05) is 61.5 Å². The Balaban J connectivity index is 1.90. The second-order valence-corrected chi connectivity index (χ2v) is 8.44. The fraction of sp³-hybridized carbons (Fsp3) is 0.231. The minimum absolute atomic E-state index is 0.169. The van der Waals surface area contributed by atoms with Crippen LogP contribution in [0.15, 0.2) is 78.9 Å². The van der Waals surface area contributed by atoms with E-state index in [4.69, 9.17) is 16.3 Å². The number of carbonyl (C=O) groups excluding carboxylic acids is 2. The predicted molar refractivity (Wildman–Crippen MR) is 127 cm³/mol. The molecule has 1 amide bonds. The van der Waals surface area contributed by atoms with Crippen molar-refractivity contribution < 1.29 is 14.3 Å². The molecule has 0 bridgehead atoms. The average molecular weight is 449 g/mol. The number of amides is 1. The Hall–Kier alpha value is -3.31. The molecule has 0 fully saturated rings. The molecule has 6 heteroatoms. The number of esters is 1. The summed E-state index contributed by atoms with van der Waals surface area (Å²) in [5.74, 6) is -0.519. The Morgan fingerprint density at radius 1 is 1.03 bits per heavy atom. The lowest BCUT2D eigenvalue weighted by Crippen LogP contribution is -2.46. The Kier molecular flexibility index (Phi) is 6.19. The number of carbonyl (C=O) groups is 2. The molecular formula is C26H25ClN2O3. The third-order valence-corrected chi connectivity index (χ3v) is 5.96. The van der Waals surface area contributed by atoms with E-state index in [9.17, 15) is 9.59 Å². The highest BCUT2D eigenvalue weighted by atomic mass is 35.5. The summed E-state index contributed by atoms with van der Waals surface area (Å²) in [5.41, 5.74) is 1.83. The van der Waals surface area contributed by atoms with Crippen molar-refractivity contribution in [3.8, 4) is 0 Å². The number of ether oxygens (including phenoxy) is 1. The number of hydrogen-bond acceptors (Lipinski definition) is 4. The number of fused-ring (bicyclic) bond motifs is 1. The first-order chi connectivity index (χ1) is 15.4. The molecule has 4 rings (SSSR count). The van der Waals surface area contributed by atoms with Gasteiger partial charge in [-0.25, -0.2) is 4.79 Å². The summed E-state index contributed by atoms with van der Waals surface area (Å²) in [6.07, 6.45) is 0.337. The molecular weight excluding hydrogens is 424 g/mol. The van der Waals surface area contributed by atoms with Crippen molar-refractivity contribution in [2.24, 2.45) is 0 Å². The molecule has 1 N–H and O–H groups in total. The zero-order valence-corrected chi connectivity index (χ0v) is 18.8. The SMILES string of the molecule is CCOC(=O)C1(C)CC(c2ccccc2)N(C(=O)c2ccc(Cl)cc2)c2ccccc2N1. The maximum atomic E-state index is 13.9. The fourth-order valence-corrected chi connectivity index (χ4v) is 4.26. The molecule has 5 nitrogen and oxygen atoms in total. The zero-order valence-electron chi connectivity index (χ0n) is 18.0. The maximum absolute atomic E-state index is 13.9. The van der Waals surface area contributed by atoms with Crippen molar-refractivity contribution in [1.29, 1.82) is 0 Å². The van der Waals surface area contributed by atoms with Crippen LogP contribution >= 0.6 is 11.6 Å².